The molecule has 3 rings (SSSR count). The standard InChI is InChI=1S/C19H20ClNO3S/c1-12(14-3-8-17-18(11-14)24-10-9-23-17)21-19(22)13(2)25-16-6-4-15(20)5-7-16/h3-8,11-13H,9-10H2,1-2H3,(H,21,22). The Bertz CT molecular complexity index is 751. The van der Waals surface area contributed by atoms with Gasteiger partial charge in [-0.2, -0.15) is 0 Å². The van der Waals surface area contributed by atoms with E-state index in [4.69, 9.17) is 21.1 Å². The molecule has 0 fully saturated rings. The average molecular weight is 378 g/mol. The highest BCUT2D eigenvalue weighted by Crippen LogP contribution is 2.33. The largest absolute Gasteiger partial charge is 0.486 e. The molecule has 0 spiro atoms. The van der Waals surface area contributed by atoms with E-state index in [-0.39, 0.29) is 17.2 Å². The van der Waals surface area contributed by atoms with Gasteiger partial charge in [0.05, 0.1) is 11.3 Å². The van der Waals surface area contributed by atoms with Gasteiger partial charge in [0, 0.05) is 9.92 Å². The zero-order valence-electron chi connectivity index (χ0n) is 14.1. The van der Waals surface area contributed by atoms with Crippen LogP contribution in [0.4, 0.5) is 0 Å². The van der Waals surface area contributed by atoms with Gasteiger partial charge in [-0.25, -0.2) is 0 Å². The van der Waals surface area contributed by atoms with Crippen molar-refractivity contribution in [3.05, 3.63) is 53.1 Å². The van der Waals surface area contributed by atoms with Crippen molar-refractivity contribution in [3.63, 3.8) is 0 Å². The molecule has 0 saturated carbocycles. The molecule has 2 atom stereocenters. The summed E-state index contributed by atoms with van der Waals surface area (Å²) in [6.07, 6.45) is 0. The molecule has 1 aliphatic rings. The minimum absolute atomic E-state index is 0.0117. The predicted molar refractivity (Wildman–Crippen MR) is 101 cm³/mol. The Labute approximate surface area is 156 Å². The van der Waals surface area contributed by atoms with E-state index < -0.39 is 0 Å². The van der Waals surface area contributed by atoms with Gasteiger partial charge in [0.25, 0.3) is 0 Å². The minimum Gasteiger partial charge on any atom is -0.486 e. The summed E-state index contributed by atoms with van der Waals surface area (Å²) in [5.74, 6) is 1.47. The fourth-order valence-electron chi connectivity index (χ4n) is 2.51. The first-order chi connectivity index (χ1) is 12.0. The summed E-state index contributed by atoms with van der Waals surface area (Å²) in [5.41, 5.74) is 0.987. The SMILES string of the molecule is CC(Sc1ccc(Cl)cc1)C(=O)NC(C)c1ccc2c(c1)OCCO2. The van der Waals surface area contributed by atoms with Crippen molar-refractivity contribution in [2.75, 3.05) is 13.2 Å². The van der Waals surface area contributed by atoms with Gasteiger partial charge < -0.3 is 14.8 Å². The van der Waals surface area contributed by atoms with Gasteiger partial charge in [0.2, 0.25) is 5.91 Å². The lowest BCUT2D eigenvalue weighted by atomic mass is 10.1. The van der Waals surface area contributed by atoms with Crippen LogP contribution in [-0.2, 0) is 4.79 Å². The molecule has 2 aromatic carbocycles. The number of fused-ring (bicyclic) bond motifs is 1. The first kappa shape index (κ1) is 18.0. The molecule has 0 bridgehead atoms. The summed E-state index contributed by atoms with van der Waals surface area (Å²) < 4.78 is 11.1. The first-order valence-electron chi connectivity index (χ1n) is 8.15. The second kappa shape index (κ2) is 8.02. The number of hydrogen-bond acceptors (Lipinski definition) is 4. The number of ether oxygens (including phenoxy) is 2. The number of thioether (sulfide) groups is 1. The van der Waals surface area contributed by atoms with Crippen LogP contribution in [0.15, 0.2) is 47.4 Å². The van der Waals surface area contributed by atoms with Crippen LogP contribution in [0.1, 0.15) is 25.5 Å². The molecule has 132 valence electrons. The third kappa shape index (κ3) is 4.61. The highest BCUT2D eigenvalue weighted by molar-refractivity contribution is 8.00. The Hall–Kier alpha value is -1.85. The maximum atomic E-state index is 12.5. The van der Waals surface area contributed by atoms with Crippen LogP contribution < -0.4 is 14.8 Å². The van der Waals surface area contributed by atoms with Gasteiger partial charge in [-0.05, 0) is 55.8 Å². The second-order valence-corrected chi connectivity index (χ2v) is 7.70. The molecule has 1 N–H and O–H groups in total. The molecule has 2 aromatic rings. The van der Waals surface area contributed by atoms with Gasteiger partial charge >= 0.3 is 0 Å². The van der Waals surface area contributed by atoms with Crippen molar-refractivity contribution in [1.29, 1.82) is 0 Å². The average Bonchev–Trinajstić information content (AvgIpc) is 2.63. The van der Waals surface area contributed by atoms with Crippen LogP contribution in [-0.4, -0.2) is 24.4 Å². The van der Waals surface area contributed by atoms with Crippen molar-refractivity contribution < 1.29 is 14.3 Å². The zero-order chi connectivity index (χ0) is 17.8. The Balaban J connectivity index is 1.60. The summed E-state index contributed by atoms with van der Waals surface area (Å²) >= 11 is 7.40. The van der Waals surface area contributed by atoms with E-state index in [1.165, 1.54) is 11.8 Å². The van der Waals surface area contributed by atoms with E-state index in [0.717, 1.165) is 22.0 Å². The van der Waals surface area contributed by atoms with Crippen LogP contribution in [0.3, 0.4) is 0 Å². The van der Waals surface area contributed by atoms with Crippen molar-refractivity contribution in [2.24, 2.45) is 0 Å². The van der Waals surface area contributed by atoms with Crippen molar-refractivity contribution in [1.82, 2.24) is 5.32 Å². The summed E-state index contributed by atoms with van der Waals surface area (Å²) in [6, 6.07) is 13.1. The van der Waals surface area contributed by atoms with Crippen LogP contribution in [0.2, 0.25) is 5.02 Å². The molecular formula is C19H20ClNO3S. The molecule has 4 nitrogen and oxygen atoms in total. The lowest BCUT2D eigenvalue weighted by Crippen LogP contribution is -2.33. The van der Waals surface area contributed by atoms with E-state index in [9.17, 15) is 4.79 Å². The summed E-state index contributed by atoms with van der Waals surface area (Å²) in [5, 5.41) is 3.53. The van der Waals surface area contributed by atoms with Gasteiger partial charge in [0.15, 0.2) is 11.5 Å². The number of rotatable bonds is 5. The molecule has 0 saturated heterocycles. The number of amides is 1. The van der Waals surface area contributed by atoms with Gasteiger partial charge in [-0.1, -0.05) is 17.7 Å². The van der Waals surface area contributed by atoms with Crippen molar-refractivity contribution in [2.45, 2.75) is 30.0 Å². The Morgan fingerprint density at radius 1 is 1.08 bits per heavy atom. The summed E-state index contributed by atoms with van der Waals surface area (Å²) in [6.45, 7) is 4.97. The molecule has 1 amide bonds. The molecule has 2 unspecified atom stereocenters. The Kier molecular flexibility index (Phi) is 5.76. The molecule has 0 aliphatic carbocycles. The maximum Gasteiger partial charge on any atom is 0.233 e. The van der Waals surface area contributed by atoms with Crippen LogP contribution >= 0.6 is 23.4 Å². The van der Waals surface area contributed by atoms with Gasteiger partial charge in [0.1, 0.15) is 13.2 Å². The monoisotopic (exact) mass is 377 g/mol. The van der Waals surface area contributed by atoms with Crippen molar-refractivity contribution in [3.8, 4) is 11.5 Å². The third-order valence-electron chi connectivity index (χ3n) is 3.92. The van der Waals surface area contributed by atoms with E-state index in [2.05, 4.69) is 5.32 Å². The van der Waals surface area contributed by atoms with E-state index in [1.807, 2.05) is 56.3 Å². The topological polar surface area (TPSA) is 47.6 Å². The van der Waals surface area contributed by atoms with Crippen molar-refractivity contribution >= 4 is 29.3 Å². The normalized spacial score (nSPS) is 15.3. The number of benzene rings is 2. The fourth-order valence-corrected chi connectivity index (χ4v) is 3.52. The molecule has 1 heterocycles. The molecule has 0 radical (unpaired) electrons. The third-order valence-corrected chi connectivity index (χ3v) is 5.28. The van der Waals surface area contributed by atoms with Gasteiger partial charge in [-0.15, -0.1) is 11.8 Å². The quantitative estimate of drug-likeness (QED) is 0.781. The van der Waals surface area contributed by atoms with E-state index in [0.29, 0.717) is 18.2 Å². The number of carbonyl (C=O) groups is 1. The Morgan fingerprint density at radius 2 is 1.76 bits per heavy atom. The van der Waals surface area contributed by atoms with Crippen LogP contribution in [0.5, 0.6) is 11.5 Å². The first-order valence-corrected chi connectivity index (χ1v) is 9.41. The van der Waals surface area contributed by atoms with Gasteiger partial charge in [-0.3, -0.25) is 4.79 Å². The molecule has 25 heavy (non-hydrogen) atoms. The molecular weight excluding hydrogens is 358 g/mol. The number of hydrogen-bond donors (Lipinski definition) is 1. The molecule has 1 aliphatic heterocycles. The van der Waals surface area contributed by atoms with E-state index >= 15 is 0 Å². The summed E-state index contributed by atoms with van der Waals surface area (Å²) in [4.78, 5) is 13.5. The number of nitrogens with one attached hydrogen (secondary N) is 1. The highest BCUT2D eigenvalue weighted by atomic mass is 35.5. The van der Waals surface area contributed by atoms with Crippen LogP contribution in [0, 0.1) is 0 Å². The second-order valence-electron chi connectivity index (χ2n) is 5.85. The molecule has 0 aromatic heterocycles. The highest BCUT2D eigenvalue weighted by Gasteiger charge is 2.19. The predicted octanol–water partition coefficient (Wildman–Crippen LogP) is 4.47. The zero-order valence-corrected chi connectivity index (χ0v) is 15.7. The fraction of sp³-hybridized carbons (Fsp3) is 0.316. The lowest BCUT2D eigenvalue weighted by molar-refractivity contribution is -0.120. The minimum atomic E-state index is -0.208. The lowest BCUT2D eigenvalue weighted by Gasteiger charge is -2.22. The maximum absolute atomic E-state index is 12.5. The van der Waals surface area contributed by atoms with E-state index in [1.54, 1.807) is 0 Å². The summed E-state index contributed by atoms with van der Waals surface area (Å²) in [7, 11) is 0. The number of carbonyl (C=O) groups excluding carboxylic acids is 1. The smallest absolute Gasteiger partial charge is 0.233 e. The van der Waals surface area contributed by atoms with Crippen LogP contribution in [0.25, 0.3) is 0 Å². The molecule has 6 heteroatoms. The number of halogens is 1. The Morgan fingerprint density at radius 3 is 2.48 bits per heavy atom.